The molecule has 0 unspecified atom stereocenters. The van der Waals surface area contributed by atoms with Gasteiger partial charge in [-0.15, -0.1) is 0 Å². The molecule has 6 nitrogen and oxygen atoms in total. The lowest BCUT2D eigenvalue weighted by Crippen LogP contribution is -2.31. The van der Waals surface area contributed by atoms with Gasteiger partial charge in [0.2, 0.25) is 0 Å². The van der Waals surface area contributed by atoms with E-state index in [0.29, 0.717) is 18.8 Å². The summed E-state index contributed by atoms with van der Waals surface area (Å²) in [7, 11) is -0.518. The van der Waals surface area contributed by atoms with Gasteiger partial charge in [0.15, 0.2) is 0 Å². The van der Waals surface area contributed by atoms with Gasteiger partial charge in [-0.2, -0.15) is 0 Å². The molecule has 0 spiro atoms. The van der Waals surface area contributed by atoms with Crippen LogP contribution in [0.15, 0.2) is 18.2 Å². The predicted molar refractivity (Wildman–Crippen MR) is 71.1 cm³/mol. The molecule has 1 aromatic carbocycles. The minimum atomic E-state index is -1.99. The molecule has 0 bridgehead atoms. The quantitative estimate of drug-likeness (QED) is 0.735. The number of hydrogen-bond acceptors (Lipinski definition) is 5. The summed E-state index contributed by atoms with van der Waals surface area (Å²) < 4.78 is 9.85. The minimum Gasteiger partial charge on any atom is -0.511 e. The molecule has 0 atom stereocenters. The lowest BCUT2D eigenvalue weighted by molar-refractivity contribution is 0.0770. The van der Waals surface area contributed by atoms with Crippen LogP contribution in [-0.4, -0.2) is 48.4 Å². The molecule has 0 aromatic heterocycles. The molecule has 19 heavy (non-hydrogen) atoms. The van der Waals surface area contributed by atoms with Crippen LogP contribution in [0.2, 0.25) is 0 Å². The summed E-state index contributed by atoms with van der Waals surface area (Å²) in [5.41, 5.74) is 0.262. The molecular formula is C12H18BNO5. The number of rotatable bonds is 6. The van der Waals surface area contributed by atoms with Crippen LogP contribution >= 0.6 is 0 Å². The van der Waals surface area contributed by atoms with Crippen molar-refractivity contribution in [1.82, 2.24) is 4.90 Å². The molecule has 7 heteroatoms. The Kier molecular flexibility index (Phi) is 5.66. The highest BCUT2D eigenvalue weighted by Crippen LogP contribution is 2.26. The Morgan fingerprint density at radius 2 is 1.95 bits per heavy atom. The van der Waals surface area contributed by atoms with E-state index in [1.165, 1.54) is 19.2 Å². The molecule has 0 saturated carbocycles. The summed E-state index contributed by atoms with van der Waals surface area (Å²) in [5, 5.41) is 17.8. The number of amides is 1. The third kappa shape index (κ3) is 3.87. The summed E-state index contributed by atoms with van der Waals surface area (Å²) >= 11 is 0. The van der Waals surface area contributed by atoms with Crippen molar-refractivity contribution in [3.63, 3.8) is 0 Å². The number of benzene rings is 1. The van der Waals surface area contributed by atoms with Crippen molar-refractivity contribution in [3.8, 4) is 11.5 Å². The monoisotopic (exact) mass is 267 g/mol. The van der Waals surface area contributed by atoms with Crippen molar-refractivity contribution >= 4 is 13.2 Å². The first kappa shape index (κ1) is 15.3. The van der Waals surface area contributed by atoms with E-state index in [0.717, 1.165) is 0 Å². The van der Waals surface area contributed by atoms with E-state index in [9.17, 15) is 4.79 Å². The molecule has 0 heterocycles. The lowest BCUT2D eigenvalue weighted by Gasteiger charge is -2.20. The molecule has 0 saturated heterocycles. The number of nitrogens with zero attached hydrogens (tertiary/aromatic N) is 1. The van der Waals surface area contributed by atoms with E-state index < -0.39 is 7.32 Å². The zero-order chi connectivity index (χ0) is 14.4. The van der Waals surface area contributed by atoms with Crippen molar-refractivity contribution in [2.75, 3.05) is 20.2 Å². The van der Waals surface area contributed by atoms with Gasteiger partial charge in [-0.25, -0.2) is 0 Å². The topological polar surface area (TPSA) is 79.2 Å². The van der Waals surface area contributed by atoms with E-state index >= 15 is 0 Å². The molecule has 0 aliphatic rings. The number of ether oxygens (including phenoxy) is 1. The fraction of sp³-hybridized carbons (Fsp3) is 0.417. The van der Waals surface area contributed by atoms with Crippen molar-refractivity contribution < 1.29 is 24.2 Å². The largest absolute Gasteiger partial charge is 0.707 e. The Labute approximate surface area is 112 Å². The smallest absolute Gasteiger partial charge is 0.511 e. The summed E-state index contributed by atoms with van der Waals surface area (Å²) in [6.45, 7) is 4.85. The molecule has 0 aliphatic heterocycles. The second-order valence-electron chi connectivity index (χ2n) is 3.78. The van der Waals surface area contributed by atoms with Crippen molar-refractivity contribution in [1.29, 1.82) is 0 Å². The molecule has 0 fully saturated rings. The van der Waals surface area contributed by atoms with Gasteiger partial charge >= 0.3 is 7.32 Å². The number of carbonyl (C=O) groups is 1. The Morgan fingerprint density at radius 1 is 1.32 bits per heavy atom. The number of methoxy groups -OCH3 is 1. The second kappa shape index (κ2) is 7.01. The van der Waals surface area contributed by atoms with Gasteiger partial charge in [0.05, 0.1) is 12.7 Å². The zero-order valence-electron chi connectivity index (χ0n) is 11.3. The van der Waals surface area contributed by atoms with Crippen LogP contribution in [0.1, 0.15) is 24.2 Å². The Balaban J connectivity index is 3.14. The highest BCUT2D eigenvalue weighted by atomic mass is 16.6. The fourth-order valence-electron chi connectivity index (χ4n) is 1.70. The highest BCUT2D eigenvalue weighted by Gasteiger charge is 2.21. The van der Waals surface area contributed by atoms with Gasteiger partial charge in [-0.05, 0) is 26.0 Å². The Hall–Kier alpha value is -1.73. The first-order chi connectivity index (χ1) is 9.03. The molecule has 1 rings (SSSR count). The van der Waals surface area contributed by atoms with Crippen molar-refractivity contribution in [2.45, 2.75) is 13.8 Å². The molecule has 1 aromatic rings. The third-order valence-electron chi connectivity index (χ3n) is 2.70. The SMILES string of the molecule is CCN(CC)C(=O)c1ccc(OC)cc1OB(O)O. The van der Waals surface area contributed by atoms with E-state index in [1.54, 1.807) is 11.0 Å². The van der Waals surface area contributed by atoms with E-state index in [-0.39, 0.29) is 17.2 Å². The van der Waals surface area contributed by atoms with Crippen molar-refractivity contribution in [2.24, 2.45) is 0 Å². The average molecular weight is 267 g/mol. The van der Waals surface area contributed by atoms with E-state index in [4.69, 9.17) is 19.4 Å². The van der Waals surface area contributed by atoms with Gasteiger partial charge in [-0.3, -0.25) is 4.79 Å². The summed E-state index contributed by atoms with van der Waals surface area (Å²) in [5.74, 6) is 0.307. The predicted octanol–water partition coefficient (Wildman–Crippen LogP) is 0.525. The van der Waals surface area contributed by atoms with E-state index in [1.807, 2.05) is 13.8 Å². The molecule has 1 amide bonds. The standard InChI is InChI=1S/C12H18BNO5/c1-4-14(5-2)12(15)10-7-6-9(18-3)8-11(10)19-13(16)17/h6-8,16-17H,4-5H2,1-3H3. The summed E-state index contributed by atoms with van der Waals surface area (Å²) in [6, 6.07) is 4.60. The maximum Gasteiger partial charge on any atom is 0.707 e. The van der Waals surface area contributed by atoms with Gasteiger partial charge < -0.3 is 24.3 Å². The normalized spacial score (nSPS) is 9.95. The molecule has 2 N–H and O–H groups in total. The number of carbonyl (C=O) groups excluding carboxylic acids is 1. The first-order valence-corrected chi connectivity index (χ1v) is 6.03. The highest BCUT2D eigenvalue weighted by molar-refractivity contribution is 6.34. The Bertz CT molecular complexity index is 434. The van der Waals surface area contributed by atoms with Gasteiger partial charge in [0.25, 0.3) is 5.91 Å². The maximum atomic E-state index is 12.3. The molecule has 104 valence electrons. The third-order valence-corrected chi connectivity index (χ3v) is 2.70. The molecule has 0 radical (unpaired) electrons. The van der Waals surface area contributed by atoms with Gasteiger partial charge in [-0.1, -0.05) is 0 Å². The van der Waals surface area contributed by atoms with Crippen LogP contribution in [0, 0.1) is 0 Å². The fourth-order valence-corrected chi connectivity index (χ4v) is 1.70. The van der Waals surface area contributed by atoms with Crippen molar-refractivity contribution in [3.05, 3.63) is 23.8 Å². The summed E-state index contributed by atoms with van der Waals surface area (Å²) in [4.78, 5) is 13.9. The van der Waals surface area contributed by atoms with Crippen LogP contribution in [0.4, 0.5) is 0 Å². The van der Waals surface area contributed by atoms with Crippen LogP contribution in [0.5, 0.6) is 11.5 Å². The van der Waals surface area contributed by atoms with Crippen LogP contribution < -0.4 is 9.39 Å². The molecule has 0 aliphatic carbocycles. The second-order valence-corrected chi connectivity index (χ2v) is 3.78. The average Bonchev–Trinajstić information content (AvgIpc) is 2.39. The minimum absolute atomic E-state index is 0.0752. The van der Waals surface area contributed by atoms with Crippen LogP contribution in [0.25, 0.3) is 0 Å². The van der Waals surface area contributed by atoms with Gasteiger partial charge in [0.1, 0.15) is 11.5 Å². The lowest BCUT2D eigenvalue weighted by atomic mass is 10.1. The van der Waals surface area contributed by atoms with Crippen LogP contribution in [-0.2, 0) is 0 Å². The Morgan fingerprint density at radius 3 is 2.42 bits per heavy atom. The first-order valence-electron chi connectivity index (χ1n) is 6.03. The maximum absolute atomic E-state index is 12.3. The van der Waals surface area contributed by atoms with E-state index in [2.05, 4.69) is 0 Å². The molecular weight excluding hydrogens is 249 g/mol. The van der Waals surface area contributed by atoms with Crippen LogP contribution in [0.3, 0.4) is 0 Å². The number of hydrogen-bond donors (Lipinski definition) is 2. The zero-order valence-corrected chi connectivity index (χ0v) is 11.3. The van der Waals surface area contributed by atoms with Gasteiger partial charge in [0, 0.05) is 19.2 Å². The summed E-state index contributed by atoms with van der Waals surface area (Å²) in [6.07, 6.45) is 0.